The highest BCUT2D eigenvalue weighted by molar-refractivity contribution is 6.38. The van der Waals surface area contributed by atoms with Gasteiger partial charge in [0.15, 0.2) is 11.6 Å². The molecule has 9 nitrogen and oxygen atoms in total. The first-order valence-electron chi connectivity index (χ1n) is 11.0. The van der Waals surface area contributed by atoms with Gasteiger partial charge in [0.2, 0.25) is 0 Å². The first-order valence-corrected chi connectivity index (χ1v) is 11.8. The number of nitrogens with zero attached hydrogens (tertiary/aromatic N) is 1. The highest BCUT2D eigenvalue weighted by Gasteiger charge is 2.35. The Morgan fingerprint density at radius 2 is 1.61 bits per heavy atom. The predicted molar refractivity (Wildman–Crippen MR) is 133 cm³/mol. The lowest BCUT2D eigenvalue weighted by molar-refractivity contribution is 0.0599. The molecule has 11 heteroatoms. The zero-order chi connectivity index (χ0) is 26.7. The fraction of sp³-hybridized carbons (Fsp3) is 0.400. The molecule has 36 heavy (non-hydrogen) atoms. The van der Waals surface area contributed by atoms with Crippen LogP contribution in [0.2, 0.25) is 10.0 Å². The van der Waals surface area contributed by atoms with Crippen LogP contribution in [-0.2, 0) is 4.74 Å². The molecule has 0 amide bonds. The summed E-state index contributed by atoms with van der Waals surface area (Å²) in [4.78, 5) is 40.1. The number of methoxy groups -OCH3 is 3. The highest BCUT2D eigenvalue weighted by Crippen LogP contribution is 2.46. The first kappa shape index (κ1) is 27.7. The van der Waals surface area contributed by atoms with Gasteiger partial charge in [-0.05, 0) is 32.1 Å². The number of piperidine rings is 1. The molecule has 0 spiro atoms. The summed E-state index contributed by atoms with van der Waals surface area (Å²) in [6.45, 7) is 1.04. The van der Waals surface area contributed by atoms with Crippen molar-refractivity contribution in [1.82, 2.24) is 4.90 Å². The molecule has 3 rings (SSSR count). The Hall–Kier alpha value is -2.85. The Kier molecular flexibility index (Phi) is 8.84. The van der Waals surface area contributed by atoms with E-state index in [1.165, 1.54) is 39.5 Å². The van der Waals surface area contributed by atoms with Crippen LogP contribution in [0.15, 0.2) is 18.2 Å². The molecule has 1 saturated heterocycles. The van der Waals surface area contributed by atoms with Gasteiger partial charge in [0.05, 0.1) is 49.5 Å². The van der Waals surface area contributed by atoms with Crippen molar-refractivity contribution in [2.45, 2.75) is 24.9 Å². The number of ether oxygens (including phenoxy) is 3. The Labute approximate surface area is 218 Å². The second-order valence-electron chi connectivity index (χ2n) is 8.47. The number of hydrogen-bond acceptors (Lipinski definition) is 9. The van der Waals surface area contributed by atoms with E-state index in [-0.39, 0.29) is 43.8 Å². The minimum Gasteiger partial charge on any atom is -0.507 e. The minimum absolute atomic E-state index is 0.0125. The number of halogens is 2. The molecule has 1 heterocycles. The van der Waals surface area contributed by atoms with Gasteiger partial charge in [0, 0.05) is 29.7 Å². The molecule has 194 valence electrons. The van der Waals surface area contributed by atoms with Crippen LogP contribution in [0.3, 0.4) is 0 Å². The summed E-state index contributed by atoms with van der Waals surface area (Å²) in [6, 6.07) is 3.84. The van der Waals surface area contributed by atoms with Gasteiger partial charge in [-0.15, -0.1) is 0 Å². The van der Waals surface area contributed by atoms with Gasteiger partial charge in [-0.1, -0.05) is 23.2 Å². The third-order valence-corrected chi connectivity index (χ3v) is 6.85. The molecule has 1 fully saturated rings. The summed E-state index contributed by atoms with van der Waals surface area (Å²) in [5.41, 5.74) is -0.0252. The van der Waals surface area contributed by atoms with Crippen LogP contribution in [0.1, 0.15) is 55.4 Å². The number of rotatable bonds is 8. The third-order valence-electron chi connectivity index (χ3n) is 6.22. The normalized spacial score (nSPS) is 18.0. The number of esters is 1. The van der Waals surface area contributed by atoms with E-state index in [4.69, 9.17) is 32.7 Å². The van der Waals surface area contributed by atoms with Gasteiger partial charge >= 0.3 is 5.97 Å². The number of likely N-dealkylation sites (N-methyl/N-ethyl adjacent to an activating group) is 1. The third kappa shape index (κ3) is 5.44. The molecule has 2 atom stereocenters. The number of likely N-dealkylation sites (tertiary alicyclic amines) is 1. The molecular weight excluding hydrogens is 513 g/mol. The van der Waals surface area contributed by atoms with Crippen molar-refractivity contribution in [2.24, 2.45) is 0 Å². The van der Waals surface area contributed by atoms with Crippen molar-refractivity contribution in [3.63, 3.8) is 0 Å². The summed E-state index contributed by atoms with van der Waals surface area (Å²) in [7, 11) is 5.78. The molecule has 0 bridgehead atoms. The van der Waals surface area contributed by atoms with E-state index in [0.717, 1.165) is 0 Å². The number of carbonyl (C=O) groups excluding carboxylic acids is 3. The number of aliphatic hydroxyl groups is 1. The van der Waals surface area contributed by atoms with Gasteiger partial charge in [0.1, 0.15) is 22.8 Å². The molecule has 2 aromatic rings. The van der Waals surface area contributed by atoms with E-state index in [9.17, 15) is 24.6 Å². The molecule has 2 aromatic carbocycles. The fourth-order valence-electron chi connectivity index (χ4n) is 4.38. The Bertz CT molecular complexity index is 1200. The van der Waals surface area contributed by atoms with Crippen LogP contribution in [0, 0.1) is 0 Å². The quantitative estimate of drug-likeness (QED) is 0.293. The molecule has 0 aliphatic carbocycles. The van der Waals surface area contributed by atoms with Gasteiger partial charge in [0.25, 0.3) is 0 Å². The van der Waals surface area contributed by atoms with E-state index < -0.39 is 41.7 Å². The monoisotopic (exact) mass is 539 g/mol. The second kappa shape index (κ2) is 11.5. The Morgan fingerprint density at radius 1 is 1.00 bits per heavy atom. The van der Waals surface area contributed by atoms with Crippen molar-refractivity contribution in [2.75, 3.05) is 41.5 Å². The molecular formula is C25H27Cl2NO8. The highest BCUT2D eigenvalue weighted by atomic mass is 35.5. The second-order valence-corrected chi connectivity index (χ2v) is 9.28. The first-order chi connectivity index (χ1) is 17.0. The van der Waals surface area contributed by atoms with E-state index in [1.807, 2.05) is 11.9 Å². The van der Waals surface area contributed by atoms with Crippen molar-refractivity contribution in [1.29, 1.82) is 0 Å². The number of β-amino-alcohol motifs (C(OH)–C–C–N with tert-alkyl or cyclic N) is 1. The lowest BCUT2D eigenvalue weighted by Gasteiger charge is -2.35. The lowest BCUT2D eigenvalue weighted by Crippen LogP contribution is -2.40. The van der Waals surface area contributed by atoms with Crippen molar-refractivity contribution < 1.29 is 38.8 Å². The molecule has 0 saturated carbocycles. The van der Waals surface area contributed by atoms with Crippen LogP contribution < -0.4 is 9.47 Å². The number of ketones is 2. The zero-order valence-electron chi connectivity index (χ0n) is 20.3. The summed E-state index contributed by atoms with van der Waals surface area (Å²) < 4.78 is 15.4. The van der Waals surface area contributed by atoms with Crippen molar-refractivity contribution in [3.05, 3.63) is 50.5 Å². The maximum atomic E-state index is 13.3. The number of hydrogen-bond donors (Lipinski definition) is 2. The summed E-state index contributed by atoms with van der Waals surface area (Å²) in [5, 5.41) is 21.7. The van der Waals surface area contributed by atoms with Crippen molar-refractivity contribution >= 4 is 40.7 Å². The summed E-state index contributed by atoms with van der Waals surface area (Å²) in [6.07, 6.45) is -0.962. The van der Waals surface area contributed by atoms with E-state index in [2.05, 4.69) is 4.74 Å². The topological polar surface area (TPSA) is 123 Å². The standard InChI is InChI=1S/C25H27Cl2NO8/c1-28-6-5-12(19(31)11-28)22-20(34-2)10-21(35-3)23(24(22)32)18(30)9-17(29)13-7-16(27)14(8-15(13)26)25(33)36-4/h7-8,10,12,19,31-32H,5-6,9,11H2,1-4H3. The number of benzene rings is 2. The molecule has 1 aliphatic heterocycles. The van der Waals surface area contributed by atoms with Crippen LogP contribution in [0.25, 0.3) is 0 Å². The van der Waals surface area contributed by atoms with E-state index in [0.29, 0.717) is 19.5 Å². The maximum absolute atomic E-state index is 13.3. The number of aliphatic hydroxyl groups excluding tert-OH is 1. The lowest BCUT2D eigenvalue weighted by atomic mass is 9.84. The van der Waals surface area contributed by atoms with Crippen molar-refractivity contribution in [3.8, 4) is 17.2 Å². The number of phenols is 1. The number of aromatic hydroxyl groups is 1. The average molecular weight is 540 g/mol. The van der Waals surface area contributed by atoms with E-state index in [1.54, 1.807) is 0 Å². The van der Waals surface area contributed by atoms with Crippen LogP contribution >= 0.6 is 23.2 Å². The van der Waals surface area contributed by atoms with Gasteiger partial charge in [-0.2, -0.15) is 0 Å². The van der Waals surface area contributed by atoms with E-state index >= 15 is 0 Å². The van der Waals surface area contributed by atoms with Crippen LogP contribution in [0.5, 0.6) is 17.2 Å². The Balaban J connectivity index is 2.00. The Morgan fingerprint density at radius 3 is 2.19 bits per heavy atom. The van der Waals surface area contributed by atoms with Gasteiger partial charge in [-0.25, -0.2) is 4.79 Å². The summed E-state index contributed by atoms with van der Waals surface area (Å²) in [5.74, 6) is -2.78. The molecule has 0 aromatic heterocycles. The molecule has 2 N–H and O–H groups in total. The smallest absolute Gasteiger partial charge is 0.339 e. The number of phenolic OH excluding ortho intramolecular Hbond substituents is 1. The fourth-order valence-corrected chi connectivity index (χ4v) is 4.89. The largest absolute Gasteiger partial charge is 0.507 e. The predicted octanol–water partition coefficient (Wildman–Crippen LogP) is 3.74. The van der Waals surface area contributed by atoms with Crippen LogP contribution in [-0.4, -0.2) is 80.2 Å². The molecule has 0 radical (unpaired) electrons. The maximum Gasteiger partial charge on any atom is 0.339 e. The average Bonchev–Trinajstić information content (AvgIpc) is 2.84. The van der Waals surface area contributed by atoms with Crippen LogP contribution in [0.4, 0.5) is 0 Å². The SMILES string of the molecule is COC(=O)c1cc(Cl)c(C(=O)CC(=O)c2c(OC)cc(OC)c(C3CCN(C)CC3O)c2O)cc1Cl. The van der Waals surface area contributed by atoms with Gasteiger partial charge < -0.3 is 29.3 Å². The number of carbonyl (C=O) groups is 3. The summed E-state index contributed by atoms with van der Waals surface area (Å²) >= 11 is 12.3. The number of Topliss-reactive ketones (excluding diaryl/α,β-unsaturated/α-hetero) is 2. The molecule has 1 aliphatic rings. The van der Waals surface area contributed by atoms with Gasteiger partial charge in [-0.3, -0.25) is 9.59 Å². The molecule has 2 unspecified atom stereocenters. The zero-order valence-corrected chi connectivity index (χ0v) is 21.8. The minimum atomic E-state index is -0.809.